The third-order valence-electron chi connectivity index (χ3n) is 4.53. The summed E-state index contributed by atoms with van der Waals surface area (Å²) in [6.45, 7) is 8.61. The Hall–Kier alpha value is -2.69. The van der Waals surface area contributed by atoms with E-state index in [1.165, 1.54) is 13.8 Å². The number of carbonyl (C=O) groups is 5. The van der Waals surface area contributed by atoms with Crippen molar-refractivity contribution in [2.75, 3.05) is 19.6 Å². The van der Waals surface area contributed by atoms with Crippen LogP contribution in [0.4, 0.5) is 0 Å². The molecule has 5 amide bonds. The Labute approximate surface area is 190 Å². The molecule has 0 aliphatic heterocycles. The van der Waals surface area contributed by atoms with Crippen molar-refractivity contribution in [3.63, 3.8) is 0 Å². The fraction of sp³-hybridized carbons (Fsp3) is 0.762. The molecule has 11 nitrogen and oxygen atoms in total. The van der Waals surface area contributed by atoms with Crippen LogP contribution in [0.3, 0.4) is 0 Å². The van der Waals surface area contributed by atoms with Crippen LogP contribution in [0.15, 0.2) is 0 Å². The average molecular weight is 457 g/mol. The largest absolute Gasteiger partial charge is 0.352 e. The molecule has 0 aliphatic carbocycles. The van der Waals surface area contributed by atoms with Gasteiger partial charge in [0.25, 0.3) is 0 Å². The van der Waals surface area contributed by atoms with Gasteiger partial charge in [-0.25, -0.2) is 0 Å². The van der Waals surface area contributed by atoms with Crippen molar-refractivity contribution in [3.05, 3.63) is 0 Å². The molecule has 11 heteroatoms. The molecule has 7 N–H and O–H groups in total. The first-order valence-electron chi connectivity index (χ1n) is 11.1. The maximum atomic E-state index is 12.6. The predicted molar refractivity (Wildman–Crippen MR) is 121 cm³/mol. The summed E-state index contributed by atoms with van der Waals surface area (Å²) in [6, 6.07) is -1.79. The van der Waals surface area contributed by atoms with Crippen molar-refractivity contribution in [3.8, 4) is 0 Å². The Morgan fingerprint density at radius 1 is 0.781 bits per heavy atom. The fourth-order valence-electron chi connectivity index (χ4n) is 2.85. The van der Waals surface area contributed by atoms with Crippen molar-refractivity contribution in [2.45, 2.75) is 78.4 Å². The molecule has 0 rings (SSSR count). The molecule has 0 bridgehead atoms. The van der Waals surface area contributed by atoms with Crippen LogP contribution in [-0.2, 0) is 24.0 Å². The first-order valence-corrected chi connectivity index (χ1v) is 11.1. The van der Waals surface area contributed by atoms with Crippen molar-refractivity contribution in [1.29, 1.82) is 0 Å². The Morgan fingerprint density at radius 3 is 1.94 bits per heavy atom. The van der Waals surface area contributed by atoms with E-state index in [-0.39, 0.29) is 36.9 Å². The molecule has 0 spiro atoms. The van der Waals surface area contributed by atoms with Crippen LogP contribution in [0.1, 0.15) is 60.3 Å². The van der Waals surface area contributed by atoms with Gasteiger partial charge in [0.1, 0.15) is 12.1 Å². The summed E-state index contributed by atoms with van der Waals surface area (Å²) in [5.74, 6) is -2.11. The second-order valence-corrected chi connectivity index (χ2v) is 8.36. The highest BCUT2D eigenvalue weighted by atomic mass is 16.2. The maximum Gasteiger partial charge on any atom is 0.243 e. The van der Waals surface area contributed by atoms with Crippen LogP contribution in [0.25, 0.3) is 0 Å². The Bertz CT molecular complexity index is 640. The van der Waals surface area contributed by atoms with Gasteiger partial charge in [-0.05, 0) is 45.6 Å². The van der Waals surface area contributed by atoms with E-state index in [1.807, 2.05) is 20.8 Å². The SMILES string of the molecule is CC(=O)NCC(=O)NC(CC(C)C)C(=O)NC(C)C(=O)NCC(=O)NC(C)CCCCN. The quantitative estimate of drug-likeness (QED) is 0.171. The first kappa shape index (κ1) is 29.3. The molecule has 3 unspecified atom stereocenters. The van der Waals surface area contributed by atoms with Gasteiger partial charge >= 0.3 is 0 Å². The fourth-order valence-corrected chi connectivity index (χ4v) is 2.85. The van der Waals surface area contributed by atoms with Gasteiger partial charge in [-0.2, -0.15) is 0 Å². The minimum absolute atomic E-state index is 0.0269. The summed E-state index contributed by atoms with van der Waals surface area (Å²) in [7, 11) is 0. The van der Waals surface area contributed by atoms with Gasteiger partial charge in [-0.15, -0.1) is 0 Å². The van der Waals surface area contributed by atoms with E-state index in [0.29, 0.717) is 13.0 Å². The number of hydrogen-bond acceptors (Lipinski definition) is 6. The van der Waals surface area contributed by atoms with E-state index in [1.54, 1.807) is 0 Å². The van der Waals surface area contributed by atoms with Crippen LogP contribution in [0.5, 0.6) is 0 Å². The number of amides is 5. The van der Waals surface area contributed by atoms with Gasteiger partial charge in [0.15, 0.2) is 0 Å². The zero-order chi connectivity index (χ0) is 24.7. The van der Waals surface area contributed by atoms with Gasteiger partial charge in [0.05, 0.1) is 13.1 Å². The molecular formula is C21H40N6O5. The average Bonchev–Trinajstić information content (AvgIpc) is 2.69. The van der Waals surface area contributed by atoms with E-state index in [9.17, 15) is 24.0 Å². The van der Waals surface area contributed by atoms with Gasteiger partial charge in [0, 0.05) is 13.0 Å². The predicted octanol–water partition coefficient (Wildman–Crippen LogP) is -1.09. The number of carbonyl (C=O) groups excluding carboxylic acids is 5. The Kier molecular flexibility index (Phi) is 14.7. The molecule has 0 saturated heterocycles. The van der Waals surface area contributed by atoms with Crippen molar-refractivity contribution < 1.29 is 24.0 Å². The molecule has 3 atom stereocenters. The Morgan fingerprint density at radius 2 is 1.38 bits per heavy atom. The number of rotatable bonds is 15. The van der Waals surface area contributed by atoms with Crippen molar-refractivity contribution in [2.24, 2.45) is 11.7 Å². The molecule has 0 aromatic carbocycles. The van der Waals surface area contributed by atoms with Crippen molar-refractivity contribution >= 4 is 29.5 Å². The van der Waals surface area contributed by atoms with Gasteiger partial charge in [-0.3, -0.25) is 24.0 Å². The van der Waals surface area contributed by atoms with E-state index >= 15 is 0 Å². The molecule has 184 valence electrons. The number of hydrogen-bond donors (Lipinski definition) is 6. The number of nitrogens with one attached hydrogen (secondary N) is 5. The second kappa shape index (κ2) is 16.0. The number of unbranched alkanes of at least 4 members (excludes halogenated alkanes) is 1. The maximum absolute atomic E-state index is 12.6. The lowest BCUT2D eigenvalue weighted by Crippen LogP contribution is -2.54. The van der Waals surface area contributed by atoms with Gasteiger partial charge < -0.3 is 32.3 Å². The summed E-state index contributed by atoms with van der Waals surface area (Å²) in [5, 5.41) is 12.8. The molecule has 0 fully saturated rings. The third-order valence-corrected chi connectivity index (χ3v) is 4.53. The summed E-state index contributed by atoms with van der Waals surface area (Å²) in [6.07, 6.45) is 2.95. The summed E-state index contributed by atoms with van der Waals surface area (Å²) < 4.78 is 0. The molecule has 0 aliphatic rings. The highest BCUT2D eigenvalue weighted by Gasteiger charge is 2.25. The molecule has 0 heterocycles. The second-order valence-electron chi connectivity index (χ2n) is 8.36. The molecule has 0 aromatic heterocycles. The Balaban J connectivity index is 4.59. The van der Waals surface area contributed by atoms with Crippen LogP contribution in [0.2, 0.25) is 0 Å². The minimum atomic E-state index is -0.904. The van der Waals surface area contributed by atoms with Gasteiger partial charge in [0.2, 0.25) is 29.5 Å². The number of nitrogens with two attached hydrogens (primary N) is 1. The monoisotopic (exact) mass is 456 g/mol. The summed E-state index contributed by atoms with van der Waals surface area (Å²) in [4.78, 5) is 59.8. The van der Waals surface area contributed by atoms with Crippen molar-refractivity contribution in [1.82, 2.24) is 26.6 Å². The van der Waals surface area contributed by atoms with Crippen LogP contribution >= 0.6 is 0 Å². The summed E-state index contributed by atoms with van der Waals surface area (Å²) in [5.41, 5.74) is 5.45. The van der Waals surface area contributed by atoms with Crippen LogP contribution < -0.4 is 32.3 Å². The van der Waals surface area contributed by atoms with Crippen LogP contribution in [-0.4, -0.2) is 67.3 Å². The van der Waals surface area contributed by atoms with E-state index in [4.69, 9.17) is 5.73 Å². The highest BCUT2D eigenvalue weighted by molar-refractivity contribution is 5.93. The lowest BCUT2D eigenvalue weighted by molar-refractivity contribution is -0.132. The molecule has 0 radical (unpaired) electrons. The molecule has 0 saturated carbocycles. The zero-order valence-corrected chi connectivity index (χ0v) is 19.9. The molecular weight excluding hydrogens is 416 g/mol. The van der Waals surface area contributed by atoms with Crippen LogP contribution in [0, 0.1) is 5.92 Å². The minimum Gasteiger partial charge on any atom is -0.352 e. The van der Waals surface area contributed by atoms with E-state index < -0.39 is 29.8 Å². The molecule has 0 aromatic rings. The van der Waals surface area contributed by atoms with E-state index in [0.717, 1.165) is 19.3 Å². The summed E-state index contributed by atoms with van der Waals surface area (Å²) >= 11 is 0. The lowest BCUT2D eigenvalue weighted by atomic mass is 10.0. The van der Waals surface area contributed by atoms with E-state index in [2.05, 4.69) is 26.6 Å². The molecule has 32 heavy (non-hydrogen) atoms. The first-order chi connectivity index (χ1) is 15.0. The highest BCUT2D eigenvalue weighted by Crippen LogP contribution is 2.05. The third kappa shape index (κ3) is 14.3. The smallest absolute Gasteiger partial charge is 0.243 e. The zero-order valence-electron chi connectivity index (χ0n) is 19.9. The normalized spacial score (nSPS) is 13.5. The topological polar surface area (TPSA) is 172 Å². The standard InChI is InChI=1S/C21H40N6O5/c1-13(2)10-17(27-19(30)11-23-16(5)28)21(32)26-15(4)20(31)24-12-18(29)25-14(3)8-6-7-9-22/h13-15,17H,6-12,22H2,1-5H3,(H,23,28)(H,24,31)(H,25,29)(H,26,32)(H,27,30). The lowest BCUT2D eigenvalue weighted by Gasteiger charge is -2.22. The van der Waals surface area contributed by atoms with Gasteiger partial charge in [-0.1, -0.05) is 20.3 Å².